The molecule has 1 aromatic rings. The highest BCUT2D eigenvalue weighted by Gasteiger charge is 2.31. The molecule has 18 heavy (non-hydrogen) atoms. The number of hydrogen-bond acceptors (Lipinski definition) is 2. The summed E-state index contributed by atoms with van der Waals surface area (Å²) in [4.78, 5) is 0. The summed E-state index contributed by atoms with van der Waals surface area (Å²) < 4.78 is 11.6. The summed E-state index contributed by atoms with van der Waals surface area (Å²) in [6, 6.07) is 5.36. The van der Waals surface area contributed by atoms with Crippen LogP contribution in [-0.4, -0.2) is 12.7 Å². The summed E-state index contributed by atoms with van der Waals surface area (Å²) in [5.41, 5.74) is 1.07. The standard InChI is InChI=1S/C14H18Cl2O2/c1-14(2,3)7-10-8-17-13(18-10)11-5-4-9(15)6-12(11)16/h4-6,10,13H,7-8H2,1-3H3/t10-,13-/m0/s1. The van der Waals surface area contributed by atoms with Crippen LogP contribution < -0.4 is 0 Å². The predicted molar refractivity (Wildman–Crippen MR) is 74.1 cm³/mol. The Hall–Kier alpha value is -0.280. The molecule has 0 amide bonds. The molecule has 0 spiro atoms. The van der Waals surface area contributed by atoms with Crippen LogP contribution in [0.3, 0.4) is 0 Å². The Morgan fingerprint density at radius 1 is 1.28 bits per heavy atom. The molecule has 1 saturated heterocycles. The molecule has 1 aliphatic heterocycles. The fraction of sp³-hybridized carbons (Fsp3) is 0.571. The van der Waals surface area contributed by atoms with E-state index in [9.17, 15) is 0 Å². The van der Waals surface area contributed by atoms with Gasteiger partial charge in [0.05, 0.1) is 17.7 Å². The maximum Gasteiger partial charge on any atom is 0.185 e. The van der Waals surface area contributed by atoms with Crippen LogP contribution in [0, 0.1) is 5.41 Å². The third-order valence-corrected chi connectivity index (χ3v) is 3.37. The van der Waals surface area contributed by atoms with Crippen molar-refractivity contribution in [3.05, 3.63) is 33.8 Å². The third-order valence-electron chi connectivity index (χ3n) is 2.81. The van der Waals surface area contributed by atoms with Gasteiger partial charge < -0.3 is 9.47 Å². The lowest BCUT2D eigenvalue weighted by molar-refractivity contribution is -0.0650. The van der Waals surface area contributed by atoms with E-state index >= 15 is 0 Å². The van der Waals surface area contributed by atoms with Gasteiger partial charge in [0.2, 0.25) is 0 Å². The average molecular weight is 289 g/mol. The van der Waals surface area contributed by atoms with E-state index in [1.165, 1.54) is 0 Å². The minimum absolute atomic E-state index is 0.127. The van der Waals surface area contributed by atoms with Gasteiger partial charge in [0.25, 0.3) is 0 Å². The van der Waals surface area contributed by atoms with Gasteiger partial charge in [-0.2, -0.15) is 0 Å². The largest absolute Gasteiger partial charge is 0.346 e. The summed E-state index contributed by atoms with van der Waals surface area (Å²) in [6.45, 7) is 7.19. The molecule has 100 valence electrons. The summed E-state index contributed by atoms with van der Waals surface area (Å²) in [7, 11) is 0. The zero-order valence-corrected chi connectivity index (χ0v) is 12.4. The van der Waals surface area contributed by atoms with Gasteiger partial charge in [0.15, 0.2) is 6.29 Å². The quantitative estimate of drug-likeness (QED) is 0.775. The molecule has 0 N–H and O–H groups in total. The zero-order chi connectivity index (χ0) is 13.3. The predicted octanol–water partition coefficient (Wildman–Crippen LogP) is 4.84. The SMILES string of the molecule is CC(C)(C)C[C@H]1CO[C@H](c2ccc(Cl)cc2Cl)O1. The molecule has 0 bridgehead atoms. The van der Waals surface area contributed by atoms with Gasteiger partial charge in [-0.1, -0.05) is 50.0 Å². The molecule has 1 aliphatic rings. The van der Waals surface area contributed by atoms with Gasteiger partial charge in [-0.25, -0.2) is 0 Å². The molecular formula is C14H18Cl2O2. The van der Waals surface area contributed by atoms with Crippen molar-refractivity contribution in [3.8, 4) is 0 Å². The molecule has 4 heteroatoms. The van der Waals surface area contributed by atoms with Crippen molar-refractivity contribution in [2.75, 3.05) is 6.61 Å². The normalized spacial score (nSPS) is 24.5. The molecular weight excluding hydrogens is 271 g/mol. The average Bonchev–Trinajstić information content (AvgIpc) is 2.63. The molecule has 0 aromatic heterocycles. The van der Waals surface area contributed by atoms with E-state index in [4.69, 9.17) is 32.7 Å². The maximum atomic E-state index is 6.15. The summed E-state index contributed by atoms with van der Waals surface area (Å²) in [5, 5.41) is 1.21. The zero-order valence-electron chi connectivity index (χ0n) is 10.9. The van der Waals surface area contributed by atoms with Crippen LogP contribution in [0.1, 0.15) is 39.0 Å². The molecule has 2 nitrogen and oxygen atoms in total. The van der Waals surface area contributed by atoms with E-state index in [2.05, 4.69) is 20.8 Å². The first kappa shape index (κ1) is 14.1. The fourth-order valence-electron chi connectivity index (χ4n) is 2.09. The first-order chi connectivity index (χ1) is 8.35. The second kappa shape index (κ2) is 5.38. The van der Waals surface area contributed by atoms with E-state index < -0.39 is 0 Å². The molecule has 0 aliphatic carbocycles. The lowest BCUT2D eigenvalue weighted by atomic mass is 9.89. The lowest BCUT2D eigenvalue weighted by Crippen LogP contribution is -2.19. The molecule has 0 saturated carbocycles. The van der Waals surface area contributed by atoms with E-state index in [0.29, 0.717) is 16.7 Å². The second-order valence-electron chi connectivity index (χ2n) is 5.85. The molecule has 0 radical (unpaired) electrons. The number of benzene rings is 1. The molecule has 2 rings (SSSR count). The van der Waals surface area contributed by atoms with Crippen molar-refractivity contribution in [3.63, 3.8) is 0 Å². The van der Waals surface area contributed by atoms with Gasteiger partial charge in [0, 0.05) is 10.6 Å². The Morgan fingerprint density at radius 3 is 2.61 bits per heavy atom. The Labute approximate surface area is 118 Å². The molecule has 1 aromatic carbocycles. The topological polar surface area (TPSA) is 18.5 Å². The second-order valence-corrected chi connectivity index (χ2v) is 6.70. The van der Waals surface area contributed by atoms with Crippen molar-refractivity contribution in [2.24, 2.45) is 5.41 Å². The van der Waals surface area contributed by atoms with Crippen molar-refractivity contribution >= 4 is 23.2 Å². The van der Waals surface area contributed by atoms with E-state index in [1.807, 2.05) is 6.07 Å². The highest BCUT2D eigenvalue weighted by atomic mass is 35.5. The lowest BCUT2D eigenvalue weighted by Gasteiger charge is -2.21. The maximum absolute atomic E-state index is 6.15. The third kappa shape index (κ3) is 3.61. The molecule has 0 unspecified atom stereocenters. The van der Waals surface area contributed by atoms with Crippen molar-refractivity contribution in [1.82, 2.24) is 0 Å². The summed E-state index contributed by atoms with van der Waals surface area (Å²) in [5.74, 6) is 0. The molecule has 2 atom stereocenters. The van der Waals surface area contributed by atoms with Crippen molar-refractivity contribution in [2.45, 2.75) is 39.6 Å². The van der Waals surface area contributed by atoms with E-state index in [0.717, 1.165) is 12.0 Å². The number of halogens is 2. The number of ether oxygens (including phenoxy) is 2. The van der Waals surface area contributed by atoms with E-state index in [-0.39, 0.29) is 17.8 Å². The Bertz CT molecular complexity index is 426. The van der Waals surface area contributed by atoms with Crippen LogP contribution in [-0.2, 0) is 9.47 Å². The minimum Gasteiger partial charge on any atom is -0.346 e. The van der Waals surface area contributed by atoms with Crippen LogP contribution in [0.2, 0.25) is 10.0 Å². The smallest absolute Gasteiger partial charge is 0.185 e. The van der Waals surface area contributed by atoms with Crippen LogP contribution >= 0.6 is 23.2 Å². The van der Waals surface area contributed by atoms with Crippen LogP contribution in [0.4, 0.5) is 0 Å². The van der Waals surface area contributed by atoms with Gasteiger partial charge in [0.1, 0.15) is 0 Å². The minimum atomic E-state index is -0.373. The van der Waals surface area contributed by atoms with Gasteiger partial charge in [-0.3, -0.25) is 0 Å². The Balaban J connectivity index is 2.04. The number of rotatable bonds is 2. The van der Waals surface area contributed by atoms with E-state index in [1.54, 1.807) is 12.1 Å². The van der Waals surface area contributed by atoms with Crippen LogP contribution in [0.15, 0.2) is 18.2 Å². The van der Waals surface area contributed by atoms with Crippen LogP contribution in [0.5, 0.6) is 0 Å². The van der Waals surface area contributed by atoms with Gasteiger partial charge in [-0.15, -0.1) is 0 Å². The van der Waals surface area contributed by atoms with Crippen molar-refractivity contribution < 1.29 is 9.47 Å². The summed E-state index contributed by atoms with van der Waals surface area (Å²) >= 11 is 12.0. The highest BCUT2D eigenvalue weighted by molar-refractivity contribution is 6.35. The Morgan fingerprint density at radius 2 is 2.00 bits per heavy atom. The fourth-order valence-corrected chi connectivity index (χ4v) is 2.59. The van der Waals surface area contributed by atoms with Crippen molar-refractivity contribution in [1.29, 1.82) is 0 Å². The first-order valence-electron chi connectivity index (χ1n) is 6.07. The molecule has 1 fully saturated rings. The Kier molecular flexibility index (Phi) is 4.22. The van der Waals surface area contributed by atoms with Crippen LogP contribution in [0.25, 0.3) is 0 Å². The molecule has 1 heterocycles. The number of hydrogen-bond donors (Lipinski definition) is 0. The monoisotopic (exact) mass is 288 g/mol. The van der Waals surface area contributed by atoms with Gasteiger partial charge >= 0.3 is 0 Å². The summed E-state index contributed by atoms with van der Waals surface area (Å²) in [6.07, 6.45) is 0.721. The van der Waals surface area contributed by atoms with Gasteiger partial charge in [-0.05, 0) is 24.0 Å². The first-order valence-corrected chi connectivity index (χ1v) is 6.83. The highest BCUT2D eigenvalue weighted by Crippen LogP contribution is 2.36.